The molecule has 25 heavy (non-hydrogen) atoms. The van der Waals surface area contributed by atoms with Crippen molar-refractivity contribution in [2.45, 2.75) is 34.1 Å². The maximum absolute atomic E-state index is 12.5. The summed E-state index contributed by atoms with van der Waals surface area (Å²) in [4.78, 5) is 26.6. The number of esters is 1. The molecule has 1 aliphatic heterocycles. The second-order valence-electron chi connectivity index (χ2n) is 6.86. The molecular formula is C21H23NO3. The molecule has 1 heterocycles. The largest absolute Gasteiger partial charge is 0.426 e. The number of hydrogen-bond donors (Lipinski definition) is 0. The topological polar surface area (TPSA) is 46.6 Å². The van der Waals surface area contributed by atoms with E-state index in [1.807, 2.05) is 58.0 Å². The van der Waals surface area contributed by atoms with Crippen molar-refractivity contribution in [1.82, 2.24) is 0 Å². The number of rotatable bonds is 3. The molecule has 0 radical (unpaired) electrons. The molecule has 3 rings (SSSR count). The van der Waals surface area contributed by atoms with E-state index in [4.69, 9.17) is 4.74 Å². The van der Waals surface area contributed by atoms with Gasteiger partial charge in [-0.15, -0.1) is 0 Å². The Morgan fingerprint density at radius 1 is 1.00 bits per heavy atom. The third-order valence-electron chi connectivity index (χ3n) is 4.81. The zero-order chi connectivity index (χ0) is 18.1. The van der Waals surface area contributed by atoms with Crippen LogP contribution in [0.25, 0.3) is 0 Å². The summed E-state index contributed by atoms with van der Waals surface area (Å²) < 4.78 is 5.50. The van der Waals surface area contributed by atoms with Crippen LogP contribution < -0.4 is 9.64 Å². The van der Waals surface area contributed by atoms with Crippen molar-refractivity contribution >= 4 is 17.6 Å². The number of carbonyl (C=O) groups is 2. The van der Waals surface area contributed by atoms with Gasteiger partial charge in [0, 0.05) is 18.7 Å². The highest BCUT2D eigenvalue weighted by atomic mass is 16.5. The molecule has 2 aromatic rings. The Morgan fingerprint density at radius 3 is 2.44 bits per heavy atom. The molecule has 1 atom stereocenters. The van der Waals surface area contributed by atoms with Crippen molar-refractivity contribution in [1.29, 1.82) is 0 Å². The molecule has 4 nitrogen and oxygen atoms in total. The molecule has 1 saturated heterocycles. The van der Waals surface area contributed by atoms with Crippen molar-refractivity contribution < 1.29 is 14.3 Å². The van der Waals surface area contributed by atoms with Gasteiger partial charge < -0.3 is 9.64 Å². The highest BCUT2D eigenvalue weighted by molar-refractivity contribution is 6.00. The van der Waals surface area contributed by atoms with Crippen LogP contribution in [0.15, 0.2) is 36.4 Å². The van der Waals surface area contributed by atoms with Crippen LogP contribution in [0.5, 0.6) is 5.75 Å². The van der Waals surface area contributed by atoms with Gasteiger partial charge in [0.25, 0.3) is 0 Å². The molecular weight excluding hydrogens is 314 g/mol. The van der Waals surface area contributed by atoms with Gasteiger partial charge in [0.1, 0.15) is 5.75 Å². The van der Waals surface area contributed by atoms with Gasteiger partial charge in [0.2, 0.25) is 5.91 Å². The third-order valence-corrected chi connectivity index (χ3v) is 4.81. The zero-order valence-electron chi connectivity index (χ0n) is 15.1. The summed E-state index contributed by atoms with van der Waals surface area (Å²) in [7, 11) is 0. The van der Waals surface area contributed by atoms with E-state index in [-0.39, 0.29) is 18.3 Å². The standard InChI is InChI=1S/C21H23NO3/c1-13-5-6-15(3)19(9-13)22-12-17(11-20(22)23)21(24)25-18-8-7-14(2)16(4)10-18/h5-10,17H,11-12H2,1-4H3/t17-/m1/s1. The van der Waals surface area contributed by atoms with Gasteiger partial charge in [-0.1, -0.05) is 18.2 Å². The van der Waals surface area contributed by atoms with E-state index in [1.54, 1.807) is 11.0 Å². The van der Waals surface area contributed by atoms with Crippen LogP contribution in [0.1, 0.15) is 28.7 Å². The van der Waals surface area contributed by atoms with Gasteiger partial charge in [0.05, 0.1) is 5.92 Å². The summed E-state index contributed by atoms with van der Waals surface area (Å²) in [5.74, 6) is -0.278. The molecule has 0 aromatic heterocycles. The lowest BCUT2D eigenvalue weighted by atomic mass is 10.1. The van der Waals surface area contributed by atoms with Crippen molar-refractivity contribution in [3.05, 3.63) is 58.7 Å². The minimum Gasteiger partial charge on any atom is -0.426 e. The molecule has 1 aliphatic rings. The normalized spacial score (nSPS) is 17.0. The van der Waals surface area contributed by atoms with Gasteiger partial charge in [-0.3, -0.25) is 9.59 Å². The molecule has 1 fully saturated rings. The Balaban J connectivity index is 1.74. The van der Waals surface area contributed by atoms with Gasteiger partial charge in [-0.25, -0.2) is 0 Å². The predicted molar refractivity (Wildman–Crippen MR) is 97.9 cm³/mol. The lowest BCUT2D eigenvalue weighted by Crippen LogP contribution is -2.28. The summed E-state index contributed by atoms with van der Waals surface area (Å²) in [6.45, 7) is 8.33. The lowest BCUT2D eigenvalue weighted by Gasteiger charge is -2.19. The smallest absolute Gasteiger partial charge is 0.316 e. The number of aryl methyl sites for hydroxylation is 4. The van der Waals surface area contributed by atoms with Crippen LogP contribution in [0.3, 0.4) is 0 Å². The number of hydrogen-bond acceptors (Lipinski definition) is 3. The lowest BCUT2D eigenvalue weighted by molar-refractivity contribution is -0.139. The van der Waals surface area contributed by atoms with Crippen LogP contribution in [0, 0.1) is 33.6 Å². The monoisotopic (exact) mass is 337 g/mol. The number of amides is 1. The van der Waals surface area contributed by atoms with E-state index in [0.717, 1.165) is 27.9 Å². The van der Waals surface area contributed by atoms with Gasteiger partial charge >= 0.3 is 5.97 Å². The number of anilines is 1. The molecule has 0 N–H and O–H groups in total. The highest BCUT2D eigenvalue weighted by Crippen LogP contribution is 2.30. The quantitative estimate of drug-likeness (QED) is 0.631. The maximum atomic E-state index is 12.5. The van der Waals surface area contributed by atoms with Gasteiger partial charge in [0.15, 0.2) is 0 Å². The Labute approximate surface area is 148 Å². The minimum absolute atomic E-state index is 0.0317. The highest BCUT2D eigenvalue weighted by Gasteiger charge is 2.37. The van der Waals surface area contributed by atoms with Crippen LogP contribution in [0.4, 0.5) is 5.69 Å². The molecule has 4 heteroatoms. The Kier molecular flexibility index (Phi) is 4.62. The maximum Gasteiger partial charge on any atom is 0.316 e. The van der Waals surface area contributed by atoms with Crippen molar-refractivity contribution in [3.63, 3.8) is 0 Å². The summed E-state index contributed by atoms with van der Waals surface area (Å²) in [6, 6.07) is 11.6. The summed E-state index contributed by atoms with van der Waals surface area (Å²) in [6.07, 6.45) is 0.192. The molecule has 130 valence electrons. The number of benzene rings is 2. The molecule has 0 saturated carbocycles. The number of nitrogens with zero attached hydrogens (tertiary/aromatic N) is 1. The summed E-state index contributed by atoms with van der Waals surface area (Å²) >= 11 is 0. The second kappa shape index (κ2) is 6.71. The average molecular weight is 337 g/mol. The SMILES string of the molecule is Cc1ccc(C)c(N2C[C@H](C(=O)Oc3ccc(C)c(C)c3)CC2=O)c1. The summed E-state index contributed by atoms with van der Waals surface area (Å²) in [5.41, 5.74) is 5.23. The molecule has 0 bridgehead atoms. The minimum atomic E-state index is -0.436. The van der Waals surface area contributed by atoms with Crippen LogP contribution in [-0.2, 0) is 9.59 Å². The summed E-state index contributed by atoms with van der Waals surface area (Å²) in [5, 5.41) is 0. The molecule has 0 aliphatic carbocycles. The average Bonchev–Trinajstić information content (AvgIpc) is 2.95. The van der Waals surface area contributed by atoms with E-state index in [1.165, 1.54) is 0 Å². The second-order valence-corrected chi connectivity index (χ2v) is 6.86. The molecule has 0 spiro atoms. The van der Waals surface area contributed by atoms with Crippen LogP contribution in [0.2, 0.25) is 0 Å². The van der Waals surface area contributed by atoms with Crippen LogP contribution in [-0.4, -0.2) is 18.4 Å². The Morgan fingerprint density at radius 2 is 1.72 bits per heavy atom. The number of carbonyl (C=O) groups excluding carboxylic acids is 2. The van der Waals surface area contributed by atoms with Crippen molar-refractivity contribution in [3.8, 4) is 5.75 Å². The van der Waals surface area contributed by atoms with Gasteiger partial charge in [-0.2, -0.15) is 0 Å². The molecule has 1 amide bonds. The number of ether oxygens (including phenoxy) is 1. The molecule has 0 unspecified atom stereocenters. The molecule has 2 aromatic carbocycles. The first kappa shape index (κ1) is 17.2. The van der Waals surface area contributed by atoms with Crippen molar-refractivity contribution in [2.75, 3.05) is 11.4 Å². The zero-order valence-corrected chi connectivity index (χ0v) is 15.1. The predicted octanol–water partition coefficient (Wildman–Crippen LogP) is 3.88. The Hall–Kier alpha value is -2.62. The Bertz CT molecular complexity index is 841. The first-order valence-electron chi connectivity index (χ1n) is 8.51. The van der Waals surface area contributed by atoms with E-state index in [9.17, 15) is 9.59 Å². The van der Waals surface area contributed by atoms with E-state index < -0.39 is 5.92 Å². The fourth-order valence-corrected chi connectivity index (χ4v) is 3.09. The van der Waals surface area contributed by atoms with E-state index in [0.29, 0.717) is 12.3 Å². The first-order chi connectivity index (χ1) is 11.8. The fourth-order valence-electron chi connectivity index (χ4n) is 3.09. The van der Waals surface area contributed by atoms with Crippen LogP contribution >= 0.6 is 0 Å². The van der Waals surface area contributed by atoms with Crippen molar-refractivity contribution in [2.24, 2.45) is 5.92 Å². The fraction of sp³-hybridized carbons (Fsp3) is 0.333. The van der Waals surface area contributed by atoms with E-state index in [2.05, 4.69) is 0 Å². The van der Waals surface area contributed by atoms with Gasteiger partial charge in [-0.05, 0) is 68.1 Å². The first-order valence-corrected chi connectivity index (χ1v) is 8.51. The third kappa shape index (κ3) is 3.58. The van der Waals surface area contributed by atoms with E-state index >= 15 is 0 Å².